The summed E-state index contributed by atoms with van der Waals surface area (Å²) in [6.07, 6.45) is 4.44. The van der Waals surface area contributed by atoms with Gasteiger partial charge in [-0.2, -0.15) is 0 Å². The zero-order chi connectivity index (χ0) is 8.81. The van der Waals surface area contributed by atoms with E-state index in [9.17, 15) is 5.11 Å². The zero-order valence-corrected chi connectivity index (χ0v) is 6.98. The lowest BCUT2D eigenvalue weighted by Gasteiger charge is -2.07. The Morgan fingerprint density at radius 2 is 2.42 bits per heavy atom. The Balaban J connectivity index is 2.41. The van der Waals surface area contributed by atoms with Crippen molar-refractivity contribution in [3.63, 3.8) is 0 Å². The fourth-order valence-corrected chi connectivity index (χ4v) is 1.09. The van der Waals surface area contributed by atoms with Gasteiger partial charge in [0.1, 0.15) is 0 Å². The van der Waals surface area contributed by atoms with Gasteiger partial charge < -0.3 is 10.8 Å². The van der Waals surface area contributed by atoms with E-state index in [0.717, 1.165) is 5.56 Å². The molecule has 66 valence electrons. The van der Waals surface area contributed by atoms with Crippen molar-refractivity contribution in [2.24, 2.45) is 5.73 Å². The highest BCUT2D eigenvalue weighted by Gasteiger charge is 2.03. The van der Waals surface area contributed by atoms with Crippen LogP contribution in [0.2, 0.25) is 0 Å². The van der Waals surface area contributed by atoms with E-state index in [1.54, 1.807) is 12.4 Å². The topological polar surface area (TPSA) is 59.1 Å². The minimum absolute atomic E-state index is 0.334. The molecule has 0 aromatic carbocycles. The molecule has 0 fully saturated rings. The summed E-state index contributed by atoms with van der Waals surface area (Å²) in [6.45, 7) is 0.529. The first-order valence-electron chi connectivity index (χ1n) is 4.10. The summed E-state index contributed by atoms with van der Waals surface area (Å²) in [5.41, 5.74) is 6.36. The summed E-state index contributed by atoms with van der Waals surface area (Å²) in [7, 11) is 0. The van der Waals surface area contributed by atoms with Gasteiger partial charge in [0, 0.05) is 12.4 Å². The largest absolute Gasteiger partial charge is 0.393 e. The van der Waals surface area contributed by atoms with Gasteiger partial charge in [0.25, 0.3) is 0 Å². The van der Waals surface area contributed by atoms with E-state index in [1.807, 2.05) is 12.1 Å². The second-order valence-corrected chi connectivity index (χ2v) is 2.80. The minimum Gasteiger partial charge on any atom is -0.393 e. The quantitative estimate of drug-likeness (QED) is 0.677. The Hall–Kier alpha value is -0.930. The van der Waals surface area contributed by atoms with Crippen molar-refractivity contribution in [2.45, 2.75) is 18.9 Å². The average molecular weight is 166 g/mol. The normalized spacial score (nSPS) is 12.8. The van der Waals surface area contributed by atoms with Gasteiger partial charge in [-0.15, -0.1) is 0 Å². The maximum atomic E-state index is 9.39. The van der Waals surface area contributed by atoms with E-state index in [4.69, 9.17) is 5.73 Å². The summed E-state index contributed by atoms with van der Waals surface area (Å²) in [5.74, 6) is 0. The number of hydrogen-bond acceptors (Lipinski definition) is 3. The number of aliphatic hydroxyl groups is 1. The van der Waals surface area contributed by atoms with E-state index in [2.05, 4.69) is 4.98 Å². The van der Waals surface area contributed by atoms with Crippen molar-refractivity contribution >= 4 is 0 Å². The van der Waals surface area contributed by atoms with Crippen LogP contribution >= 0.6 is 0 Å². The predicted molar refractivity (Wildman–Crippen MR) is 47.6 cm³/mol. The number of hydrogen-bond donors (Lipinski definition) is 2. The number of rotatable bonds is 4. The van der Waals surface area contributed by atoms with Crippen LogP contribution in [0.25, 0.3) is 0 Å². The van der Waals surface area contributed by atoms with Crippen LogP contribution in [-0.4, -0.2) is 22.7 Å². The highest BCUT2D eigenvalue weighted by molar-refractivity contribution is 5.09. The maximum absolute atomic E-state index is 9.39. The van der Waals surface area contributed by atoms with Gasteiger partial charge >= 0.3 is 0 Å². The lowest BCUT2D eigenvalue weighted by atomic mass is 10.1. The molecule has 0 spiro atoms. The molecule has 12 heavy (non-hydrogen) atoms. The first-order chi connectivity index (χ1) is 5.83. The van der Waals surface area contributed by atoms with Crippen molar-refractivity contribution in [3.05, 3.63) is 30.1 Å². The van der Waals surface area contributed by atoms with E-state index < -0.39 is 0 Å². The molecule has 0 saturated heterocycles. The fraction of sp³-hybridized carbons (Fsp3) is 0.444. The average Bonchev–Trinajstić information content (AvgIpc) is 2.06. The molecule has 1 unspecified atom stereocenters. The molecule has 3 N–H and O–H groups in total. The Bertz CT molecular complexity index is 213. The fourth-order valence-electron chi connectivity index (χ4n) is 1.09. The molecule has 1 aromatic heterocycles. The number of aliphatic hydroxyl groups excluding tert-OH is 1. The summed E-state index contributed by atoms with van der Waals surface area (Å²) in [6, 6.07) is 3.82. The lowest BCUT2D eigenvalue weighted by molar-refractivity contribution is 0.167. The molecular formula is C9H14N2O. The van der Waals surface area contributed by atoms with Crippen LogP contribution in [0.1, 0.15) is 12.0 Å². The van der Waals surface area contributed by atoms with Crippen molar-refractivity contribution < 1.29 is 5.11 Å². The van der Waals surface area contributed by atoms with E-state index in [1.165, 1.54) is 0 Å². The van der Waals surface area contributed by atoms with Gasteiger partial charge in [0.2, 0.25) is 0 Å². The van der Waals surface area contributed by atoms with Gasteiger partial charge in [0.05, 0.1) is 6.10 Å². The van der Waals surface area contributed by atoms with Crippen molar-refractivity contribution in [2.75, 3.05) is 6.54 Å². The highest BCUT2D eigenvalue weighted by Crippen LogP contribution is 2.02. The van der Waals surface area contributed by atoms with Crippen LogP contribution in [0.3, 0.4) is 0 Å². The molecule has 0 aliphatic rings. The smallest absolute Gasteiger partial charge is 0.0593 e. The second-order valence-electron chi connectivity index (χ2n) is 2.80. The molecule has 0 amide bonds. The van der Waals surface area contributed by atoms with Crippen LogP contribution in [0.4, 0.5) is 0 Å². The second kappa shape index (κ2) is 4.85. The van der Waals surface area contributed by atoms with E-state index in [0.29, 0.717) is 19.4 Å². The summed E-state index contributed by atoms with van der Waals surface area (Å²) in [5, 5.41) is 9.39. The molecule has 1 heterocycles. The van der Waals surface area contributed by atoms with Crippen molar-refractivity contribution in [1.82, 2.24) is 4.98 Å². The SMILES string of the molecule is NCCC(O)Cc1cccnc1. The minimum atomic E-state index is -0.334. The Morgan fingerprint density at radius 1 is 1.58 bits per heavy atom. The molecule has 0 saturated carbocycles. The summed E-state index contributed by atoms with van der Waals surface area (Å²) >= 11 is 0. The number of pyridine rings is 1. The third-order valence-corrected chi connectivity index (χ3v) is 1.69. The molecule has 0 radical (unpaired) electrons. The third kappa shape index (κ3) is 2.98. The van der Waals surface area contributed by atoms with Gasteiger partial charge in [-0.1, -0.05) is 6.07 Å². The molecule has 0 aliphatic heterocycles. The van der Waals surface area contributed by atoms with Crippen LogP contribution in [0.5, 0.6) is 0 Å². The molecule has 3 heteroatoms. The lowest BCUT2D eigenvalue weighted by Crippen LogP contribution is -2.15. The Kier molecular flexibility index (Phi) is 3.70. The molecule has 1 atom stereocenters. The molecular weight excluding hydrogens is 152 g/mol. The first kappa shape index (κ1) is 9.16. The number of nitrogens with two attached hydrogens (primary N) is 1. The molecule has 3 nitrogen and oxygen atoms in total. The summed E-state index contributed by atoms with van der Waals surface area (Å²) in [4.78, 5) is 3.96. The monoisotopic (exact) mass is 166 g/mol. The predicted octanol–water partition coefficient (Wildman–Crippen LogP) is 0.334. The van der Waals surface area contributed by atoms with Crippen LogP contribution in [0, 0.1) is 0 Å². The maximum Gasteiger partial charge on any atom is 0.0593 e. The van der Waals surface area contributed by atoms with Gasteiger partial charge in [-0.25, -0.2) is 0 Å². The van der Waals surface area contributed by atoms with Crippen molar-refractivity contribution in [3.8, 4) is 0 Å². The Labute approximate surface area is 72.2 Å². The third-order valence-electron chi connectivity index (χ3n) is 1.69. The number of aromatic nitrogens is 1. The first-order valence-corrected chi connectivity index (χ1v) is 4.10. The molecule has 1 aromatic rings. The summed E-state index contributed by atoms with van der Waals surface area (Å²) < 4.78 is 0. The van der Waals surface area contributed by atoms with Crippen LogP contribution in [0.15, 0.2) is 24.5 Å². The molecule has 0 aliphatic carbocycles. The van der Waals surface area contributed by atoms with Gasteiger partial charge in [-0.3, -0.25) is 4.98 Å². The van der Waals surface area contributed by atoms with Crippen molar-refractivity contribution in [1.29, 1.82) is 0 Å². The van der Waals surface area contributed by atoms with Crippen LogP contribution in [-0.2, 0) is 6.42 Å². The molecule has 1 rings (SSSR count). The van der Waals surface area contributed by atoms with Crippen LogP contribution < -0.4 is 5.73 Å². The van der Waals surface area contributed by atoms with Gasteiger partial charge in [0.15, 0.2) is 0 Å². The zero-order valence-electron chi connectivity index (χ0n) is 6.98. The van der Waals surface area contributed by atoms with Gasteiger partial charge in [-0.05, 0) is 31.0 Å². The standard InChI is InChI=1S/C9H14N2O/c10-4-3-9(12)6-8-2-1-5-11-7-8/h1-2,5,7,9,12H,3-4,6,10H2. The highest BCUT2D eigenvalue weighted by atomic mass is 16.3. The van der Waals surface area contributed by atoms with E-state index in [-0.39, 0.29) is 6.10 Å². The number of nitrogens with zero attached hydrogens (tertiary/aromatic N) is 1. The Morgan fingerprint density at radius 3 is 3.00 bits per heavy atom. The van der Waals surface area contributed by atoms with E-state index >= 15 is 0 Å². The molecule has 0 bridgehead atoms.